The number of phenolic OH excluding ortho intramolecular Hbond substituents is 1. The number of carbonyl (C=O) groups excluding carboxylic acids is 1. The van der Waals surface area contributed by atoms with Crippen molar-refractivity contribution in [2.45, 2.75) is 19.0 Å². The van der Waals surface area contributed by atoms with Crippen LogP contribution >= 0.6 is 0 Å². The summed E-state index contributed by atoms with van der Waals surface area (Å²) in [6.45, 7) is 2.16. The summed E-state index contributed by atoms with van der Waals surface area (Å²) in [5, 5.41) is 9.28. The predicted molar refractivity (Wildman–Crippen MR) is 82.6 cm³/mol. The zero-order chi connectivity index (χ0) is 15.5. The van der Waals surface area contributed by atoms with Gasteiger partial charge in [0.1, 0.15) is 11.3 Å². The number of aromatic hydroxyl groups is 1. The molecule has 2 aromatic carbocycles. The number of benzene rings is 2. The van der Waals surface area contributed by atoms with Gasteiger partial charge in [0.05, 0.1) is 0 Å². The highest BCUT2D eigenvalue weighted by Crippen LogP contribution is 2.21. The van der Waals surface area contributed by atoms with Gasteiger partial charge >= 0.3 is 0 Å². The van der Waals surface area contributed by atoms with Crippen molar-refractivity contribution in [2.75, 3.05) is 7.05 Å². The van der Waals surface area contributed by atoms with E-state index in [1.54, 1.807) is 43.1 Å². The topological polar surface area (TPSA) is 66.6 Å². The Hall–Kier alpha value is -2.33. The second-order valence-corrected chi connectivity index (χ2v) is 5.40. The molecule has 4 nitrogen and oxygen atoms in total. The van der Waals surface area contributed by atoms with E-state index in [2.05, 4.69) is 0 Å². The van der Waals surface area contributed by atoms with Crippen LogP contribution in [0.15, 0.2) is 54.6 Å². The standard InChI is InChI=1S/C17H20N2O2/c1-17(18,14-6-4-3-5-7-14)16(21)19(2)12-13-8-10-15(20)11-9-13/h3-11,20H,12,18H2,1-2H3. The second kappa shape index (κ2) is 5.97. The normalized spacial score (nSPS) is 13.5. The summed E-state index contributed by atoms with van der Waals surface area (Å²) in [5.41, 5.74) is 6.89. The molecule has 0 fully saturated rings. The third-order valence-electron chi connectivity index (χ3n) is 3.52. The zero-order valence-electron chi connectivity index (χ0n) is 12.3. The Balaban J connectivity index is 2.13. The molecule has 110 valence electrons. The van der Waals surface area contributed by atoms with Crippen LogP contribution in [0, 0.1) is 0 Å². The molecule has 2 rings (SSSR count). The van der Waals surface area contributed by atoms with E-state index < -0.39 is 5.54 Å². The van der Waals surface area contributed by atoms with Gasteiger partial charge in [-0.05, 0) is 30.2 Å². The highest BCUT2D eigenvalue weighted by molar-refractivity contribution is 5.86. The summed E-state index contributed by atoms with van der Waals surface area (Å²) in [5.74, 6) is 0.0578. The number of rotatable bonds is 4. The molecule has 0 radical (unpaired) electrons. The van der Waals surface area contributed by atoms with Crippen LogP contribution in [-0.2, 0) is 16.9 Å². The van der Waals surface area contributed by atoms with Gasteiger partial charge in [-0.3, -0.25) is 4.79 Å². The molecule has 2 aromatic rings. The minimum Gasteiger partial charge on any atom is -0.508 e. The first-order chi connectivity index (χ1) is 9.91. The van der Waals surface area contributed by atoms with Gasteiger partial charge in [-0.1, -0.05) is 42.5 Å². The van der Waals surface area contributed by atoms with E-state index >= 15 is 0 Å². The summed E-state index contributed by atoms with van der Waals surface area (Å²) in [4.78, 5) is 14.2. The maximum atomic E-state index is 12.6. The van der Waals surface area contributed by atoms with E-state index in [4.69, 9.17) is 5.73 Å². The summed E-state index contributed by atoms with van der Waals surface area (Å²) in [6.07, 6.45) is 0. The van der Waals surface area contributed by atoms with Gasteiger partial charge in [0.15, 0.2) is 0 Å². The Kier molecular flexibility index (Phi) is 4.29. The zero-order valence-corrected chi connectivity index (χ0v) is 12.3. The molecule has 0 saturated heterocycles. The molecule has 1 amide bonds. The van der Waals surface area contributed by atoms with E-state index in [1.807, 2.05) is 30.3 Å². The van der Waals surface area contributed by atoms with Crippen molar-refractivity contribution < 1.29 is 9.90 Å². The molecule has 21 heavy (non-hydrogen) atoms. The largest absolute Gasteiger partial charge is 0.508 e. The van der Waals surface area contributed by atoms with Crippen LogP contribution in [0.5, 0.6) is 5.75 Å². The minimum absolute atomic E-state index is 0.151. The lowest BCUT2D eigenvalue weighted by atomic mass is 9.91. The molecule has 0 aliphatic rings. The lowest BCUT2D eigenvalue weighted by molar-refractivity contribution is -0.136. The first-order valence-electron chi connectivity index (χ1n) is 6.79. The van der Waals surface area contributed by atoms with Crippen molar-refractivity contribution >= 4 is 5.91 Å². The van der Waals surface area contributed by atoms with Crippen molar-refractivity contribution in [3.63, 3.8) is 0 Å². The highest BCUT2D eigenvalue weighted by atomic mass is 16.3. The molecule has 3 N–H and O–H groups in total. The smallest absolute Gasteiger partial charge is 0.247 e. The van der Waals surface area contributed by atoms with Gasteiger partial charge in [-0.2, -0.15) is 0 Å². The van der Waals surface area contributed by atoms with E-state index in [0.717, 1.165) is 11.1 Å². The van der Waals surface area contributed by atoms with Crippen LogP contribution in [0.2, 0.25) is 0 Å². The average molecular weight is 284 g/mol. The van der Waals surface area contributed by atoms with Crippen LogP contribution in [0.3, 0.4) is 0 Å². The first kappa shape index (κ1) is 15.1. The number of hydrogen-bond donors (Lipinski definition) is 2. The van der Waals surface area contributed by atoms with E-state index in [1.165, 1.54) is 0 Å². The number of nitrogens with two attached hydrogens (primary N) is 1. The Morgan fingerprint density at radius 2 is 1.71 bits per heavy atom. The average Bonchev–Trinajstić information content (AvgIpc) is 2.49. The number of hydrogen-bond acceptors (Lipinski definition) is 3. The van der Waals surface area contributed by atoms with E-state index in [0.29, 0.717) is 6.54 Å². The number of phenols is 1. The van der Waals surface area contributed by atoms with Crippen molar-refractivity contribution in [1.29, 1.82) is 0 Å². The SMILES string of the molecule is CN(Cc1ccc(O)cc1)C(=O)C(C)(N)c1ccccc1. The summed E-state index contributed by atoms with van der Waals surface area (Å²) in [7, 11) is 1.73. The fourth-order valence-corrected chi connectivity index (χ4v) is 2.25. The predicted octanol–water partition coefficient (Wildman–Crippen LogP) is 2.22. The van der Waals surface area contributed by atoms with Gasteiger partial charge in [0.25, 0.3) is 0 Å². The summed E-state index contributed by atoms with van der Waals surface area (Å²) < 4.78 is 0. The quantitative estimate of drug-likeness (QED) is 0.904. The Morgan fingerprint density at radius 1 is 1.14 bits per heavy atom. The molecule has 0 heterocycles. The molecule has 1 atom stereocenters. The number of likely N-dealkylation sites (N-methyl/N-ethyl adjacent to an activating group) is 1. The van der Waals surface area contributed by atoms with Crippen molar-refractivity contribution in [3.8, 4) is 5.75 Å². The van der Waals surface area contributed by atoms with Crippen LogP contribution < -0.4 is 5.73 Å². The van der Waals surface area contributed by atoms with Crippen molar-refractivity contribution in [1.82, 2.24) is 4.90 Å². The van der Waals surface area contributed by atoms with Gasteiger partial charge in [0, 0.05) is 13.6 Å². The Labute approximate surface area is 124 Å². The van der Waals surface area contributed by atoms with Crippen LogP contribution in [0.1, 0.15) is 18.1 Å². The van der Waals surface area contributed by atoms with E-state index in [9.17, 15) is 9.90 Å². The molecule has 0 spiro atoms. The Morgan fingerprint density at radius 3 is 2.29 bits per heavy atom. The van der Waals surface area contributed by atoms with Gasteiger partial charge in [-0.25, -0.2) is 0 Å². The van der Waals surface area contributed by atoms with E-state index in [-0.39, 0.29) is 11.7 Å². The van der Waals surface area contributed by atoms with Gasteiger partial charge in [-0.15, -0.1) is 0 Å². The third kappa shape index (κ3) is 3.41. The molecule has 0 aliphatic carbocycles. The monoisotopic (exact) mass is 284 g/mol. The lowest BCUT2D eigenvalue weighted by Crippen LogP contribution is -2.49. The third-order valence-corrected chi connectivity index (χ3v) is 3.52. The van der Waals surface area contributed by atoms with Crippen molar-refractivity contribution in [3.05, 3.63) is 65.7 Å². The molecular formula is C17H20N2O2. The maximum absolute atomic E-state index is 12.6. The molecular weight excluding hydrogens is 264 g/mol. The fourth-order valence-electron chi connectivity index (χ4n) is 2.25. The van der Waals surface area contributed by atoms with Crippen molar-refractivity contribution in [2.24, 2.45) is 5.73 Å². The fraction of sp³-hybridized carbons (Fsp3) is 0.235. The molecule has 4 heteroatoms. The molecule has 0 bridgehead atoms. The number of nitrogens with zero attached hydrogens (tertiary/aromatic N) is 1. The maximum Gasteiger partial charge on any atom is 0.247 e. The lowest BCUT2D eigenvalue weighted by Gasteiger charge is -2.29. The first-order valence-corrected chi connectivity index (χ1v) is 6.79. The molecule has 1 unspecified atom stereocenters. The Bertz CT molecular complexity index is 606. The minimum atomic E-state index is -1.06. The number of carbonyl (C=O) groups is 1. The van der Waals surface area contributed by atoms with Gasteiger partial charge in [0.2, 0.25) is 5.91 Å². The van der Waals surface area contributed by atoms with Crippen LogP contribution in [0.4, 0.5) is 0 Å². The van der Waals surface area contributed by atoms with Crippen LogP contribution in [0.25, 0.3) is 0 Å². The number of amides is 1. The van der Waals surface area contributed by atoms with Crippen LogP contribution in [-0.4, -0.2) is 23.0 Å². The summed E-state index contributed by atoms with van der Waals surface area (Å²) in [6, 6.07) is 16.1. The second-order valence-electron chi connectivity index (χ2n) is 5.40. The molecule has 0 aliphatic heterocycles. The summed E-state index contributed by atoms with van der Waals surface area (Å²) >= 11 is 0. The van der Waals surface area contributed by atoms with Gasteiger partial charge < -0.3 is 15.7 Å². The highest BCUT2D eigenvalue weighted by Gasteiger charge is 2.32. The molecule has 0 aromatic heterocycles. The molecule has 0 saturated carbocycles.